The molecule has 1 heterocycles. The number of thioether (sulfide) groups is 1. The van der Waals surface area contributed by atoms with Crippen LogP contribution in [0, 0.1) is 0 Å². The maximum atomic E-state index is 11.8. The monoisotopic (exact) mass is 288 g/mol. The van der Waals surface area contributed by atoms with Crippen molar-refractivity contribution in [2.24, 2.45) is 5.73 Å². The number of hydrogen-bond donors (Lipinski definition) is 2. The molecule has 1 aromatic carbocycles. The van der Waals surface area contributed by atoms with E-state index in [1.165, 1.54) is 11.8 Å². The molecule has 0 saturated heterocycles. The number of anilines is 1. The van der Waals surface area contributed by atoms with Gasteiger partial charge in [0.05, 0.1) is 17.0 Å². The Balaban J connectivity index is 1.97. The minimum atomic E-state index is -0.583. The van der Waals surface area contributed by atoms with Crippen LogP contribution in [0.4, 0.5) is 5.69 Å². The van der Waals surface area contributed by atoms with Crippen LogP contribution in [-0.2, 0) is 4.79 Å². The minimum Gasteiger partial charge on any atom is -0.366 e. The van der Waals surface area contributed by atoms with E-state index < -0.39 is 5.91 Å². The van der Waals surface area contributed by atoms with Gasteiger partial charge in [-0.05, 0) is 18.2 Å². The van der Waals surface area contributed by atoms with Crippen LogP contribution >= 0.6 is 11.8 Å². The van der Waals surface area contributed by atoms with Crippen molar-refractivity contribution < 1.29 is 9.59 Å². The summed E-state index contributed by atoms with van der Waals surface area (Å²) in [6, 6.07) is 8.29. The van der Waals surface area contributed by atoms with Crippen molar-refractivity contribution in [2.75, 3.05) is 11.1 Å². The molecule has 0 spiro atoms. The first-order valence-electron chi connectivity index (χ1n) is 5.75. The number of hydrogen-bond acceptors (Lipinski definition) is 5. The lowest BCUT2D eigenvalue weighted by Gasteiger charge is -2.08. The highest BCUT2D eigenvalue weighted by Crippen LogP contribution is 2.16. The van der Waals surface area contributed by atoms with E-state index in [4.69, 9.17) is 5.73 Å². The lowest BCUT2D eigenvalue weighted by atomic mass is 10.1. The summed E-state index contributed by atoms with van der Waals surface area (Å²) in [6.45, 7) is 0. The first kappa shape index (κ1) is 14.0. The van der Waals surface area contributed by atoms with Gasteiger partial charge in [0.2, 0.25) is 5.91 Å². The van der Waals surface area contributed by atoms with E-state index in [1.54, 1.807) is 42.7 Å². The molecule has 0 aliphatic heterocycles. The van der Waals surface area contributed by atoms with Crippen molar-refractivity contribution in [3.05, 3.63) is 48.3 Å². The molecule has 1 aromatic heterocycles. The molecule has 7 heteroatoms. The van der Waals surface area contributed by atoms with E-state index in [-0.39, 0.29) is 17.2 Å². The second kappa shape index (κ2) is 6.67. The summed E-state index contributed by atoms with van der Waals surface area (Å²) in [7, 11) is 0. The van der Waals surface area contributed by atoms with Crippen molar-refractivity contribution in [3.63, 3.8) is 0 Å². The first-order valence-corrected chi connectivity index (χ1v) is 6.74. The number of aromatic nitrogens is 2. The van der Waals surface area contributed by atoms with Gasteiger partial charge < -0.3 is 11.1 Å². The van der Waals surface area contributed by atoms with Gasteiger partial charge in [0.15, 0.2) is 5.16 Å². The number of para-hydroxylation sites is 1. The molecule has 0 aliphatic rings. The largest absolute Gasteiger partial charge is 0.366 e. The number of nitrogens with zero attached hydrogens (tertiary/aromatic N) is 2. The predicted molar refractivity (Wildman–Crippen MR) is 76.3 cm³/mol. The van der Waals surface area contributed by atoms with Gasteiger partial charge in [-0.25, -0.2) is 9.97 Å². The van der Waals surface area contributed by atoms with Crippen LogP contribution in [0.25, 0.3) is 0 Å². The number of primary amides is 1. The van der Waals surface area contributed by atoms with Gasteiger partial charge in [-0.15, -0.1) is 0 Å². The average Bonchev–Trinajstić information content (AvgIpc) is 2.46. The molecule has 2 rings (SSSR count). The van der Waals surface area contributed by atoms with Crippen LogP contribution in [0.15, 0.2) is 47.9 Å². The van der Waals surface area contributed by atoms with Crippen molar-refractivity contribution in [3.8, 4) is 0 Å². The molecule has 0 saturated carbocycles. The number of amides is 2. The Morgan fingerprint density at radius 3 is 2.55 bits per heavy atom. The molecular formula is C13H12N4O2S. The Kier molecular flexibility index (Phi) is 4.67. The highest BCUT2D eigenvalue weighted by Gasteiger charge is 2.10. The molecule has 2 amide bonds. The molecule has 20 heavy (non-hydrogen) atoms. The Morgan fingerprint density at radius 1 is 1.15 bits per heavy atom. The summed E-state index contributed by atoms with van der Waals surface area (Å²) in [4.78, 5) is 31.1. The zero-order valence-electron chi connectivity index (χ0n) is 10.4. The van der Waals surface area contributed by atoms with Crippen LogP contribution < -0.4 is 11.1 Å². The zero-order chi connectivity index (χ0) is 14.4. The number of rotatable bonds is 5. The van der Waals surface area contributed by atoms with Gasteiger partial charge in [0, 0.05) is 12.4 Å². The Bertz CT molecular complexity index is 619. The Hall–Kier alpha value is -2.41. The quantitative estimate of drug-likeness (QED) is 0.638. The van der Waals surface area contributed by atoms with Crippen LogP contribution in [0.5, 0.6) is 0 Å². The van der Waals surface area contributed by atoms with Gasteiger partial charge in [-0.1, -0.05) is 23.9 Å². The normalized spacial score (nSPS) is 10.0. The number of carbonyl (C=O) groups is 2. The summed E-state index contributed by atoms with van der Waals surface area (Å²) >= 11 is 1.21. The Labute approximate surface area is 119 Å². The number of nitrogens with one attached hydrogen (secondary N) is 1. The van der Waals surface area contributed by atoms with Gasteiger partial charge in [0.25, 0.3) is 5.91 Å². The number of nitrogens with two attached hydrogens (primary N) is 1. The van der Waals surface area contributed by atoms with Gasteiger partial charge in [0.1, 0.15) is 0 Å². The summed E-state index contributed by atoms with van der Waals surface area (Å²) in [6.07, 6.45) is 3.21. The number of carbonyl (C=O) groups excluding carboxylic acids is 2. The fraction of sp³-hybridized carbons (Fsp3) is 0.0769. The molecule has 0 atom stereocenters. The molecule has 2 aromatic rings. The predicted octanol–water partition coefficient (Wildman–Crippen LogP) is 1.31. The van der Waals surface area contributed by atoms with E-state index in [1.807, 2.05) is 0 Å². The minimum absolute atomic E-state index is 0.150. The second-order valence-electron chi connectivity index (χ2n) is 3.78. The summed E-state index contributed by atoms with van der Waals surface area (Å²) < 4.78 is 0. The van der Waals surface area contributed by atoms with Crippen molar-refractivity contribution >= 4 is 29.3 Å². The van der Waals surface area contributed by atoms with Crippen LogP contribution in [0.1, 0.15) is 10.4 Å². The van der Waals surface area contributed by atoms with E-state index >= 15 is 0 Å². The fourth-order valence-electron chi connectivity index (χ4n) is 1.48. The summed E-state index contributed by atoms with van der Waals surface area (Å²) in [5, 5.41) is 3.17. The molecule has 3 N–H and O–H groups in total. The highest BCUT2D eigenvalue weighted by molar-refractivity contribution is 7.99. The third kappa shape index (κ3) is 3.79. The van der Waals surface area contributed by atoms with Crippen molar-refractivity contribution in [2.45, 2.75) is 5.16 Å². The lowest BCUT2D eigenvalue weighted by Crippen LogP contribution is -2.19. The number of benzene rings is 1. The third-order valence-electron chi connectivity index (χ3n) is 2.34. The molecule has 0 unspecified atom stereocenters. The second-order valence-corrected chi connectivity index (χ2v) is 4.72. The van der Waals surface area contributed by atoms with E-state index in [0.717, 1.165) is 0 Å². The van der Waals surface area contributed by atoms with Crippen LogP contribution in [0.3, 0.4) is 0 Å². The SMILES string of the molecule is NC(=O)c1ccccc1NC(=O)CSc1ncccn1. The molecule has 0 bridgehead atoms. The first-order chi connectivity index (χ1) is 9.66. The topological polar surface area (TPSA) is 98.0 Å². The molecule has 0 fully saturated rings. The van der Waals surface area contributed by atoms with Crippen molar-refractivity contribution in [1.29, 1.82) is 0 Å². The molecule has 0 aliphatic carbocycles. The van der Waals surface area contributed by atoms with E-state index in [2.05, 4.69) is 15.3 Å². The summed E-state index contributed by atoms with van der Waals surface area (Å²) in [5.74, 6) is -0.687. The third-order valence-corrected chi connectivity index (χ3v) is 3.22. The standard InChI is InChI=1S/C13H12N4O2S/c14-12(19)9-4-1-2-5-10(9)17-11(18)8-20-13-15-6-3-7-16-13/h1-7H,8H2,(H2,14,19)(H,17,18). The summed E-state index contributed by atoms with van der Waals surface area (Å²) in [5.41, 5.74) is 5.92. The highest BCUT2D eigenvalue weighted by atomic mass is 32.2. The van der Waals surface area contributed by atoms with Gasteiger partial charge >= 0.3 is 0 Å². The van der Waals surface area contributed by atoms with E-state index in [0.29, 0.717) is 10.8 Å². The average molecular weight is 288 g/mol. The van der Waals surface area contributed by atoms with Crippen molar-refractivity contribution in [1.82, 2.24) is 9.97 Å². The zero-order valence-corrected chi connectivity index (χ0v) is 11.3. The molecule has 0 radical (unpaired) electrons. The lowest BCUT2D eigenvalue weighted by molar-refractivity contribution is -0.113. The fourth-order valence-corrected chi connectivity index (χ4v) is 2.09. The molecule has 102 valence electrons. The smallest absolute Gasteiger partial charge is 0.250 e. The molecule has 6 nitrogen and oxygen atoms in total. The van der Waals surface area contributed by atoms with E-state index in [9.17, 15) is 9.59 Å². The van der Waals surface area contributed by atoms with Gasteiger partial charge in [-0.2, -0.15) is 0 Å². The Morgan fingerprint density at radius 2 is 1.85 bits per heavy atom. The maximum absolute atomic E-state index is 11.8. The maximum Gasteiger partial charge on any atom is 0.250 e. The van der Waals surface area contributed by atoms with Crippen LogP contribution in [0.2, 0.25) is 0 Å². The van der Waals surface area contributed by atoms with Crippen LogP contribution in [-0.4, -0.2) is 27.5 Å². The van der Waals surface area contributed by atoms with Gasteiger partial charge in [-0.3, -0.25) is 9.59 Å². The molecular weight excluding hydrogens is 276 g/mol.